The zero-order valence-electron chi connectivity index (χ0n) is 7.55. The van der Waals surface area contributed by atoms with Gasteiger partial charge in [0.15, 0.2) is 0 Å². The SMILES string of the molecule is CC1=NOC(C2CCCCC2)N1. The maximum absolute atomic E-state index is 5.28. The van der Waals surface area contributed by atoms with Gasteiger partial charge < -0.3 is 10.2 Å². The molecule has 0 bridgehead atoms. The van der Waals surface area contributed by atoms with Crippen LogP contribution in [-0.2, 0) is 4.84 Å². The highest BCUT2D eigenvalue weighted by molar-refractivity contribution is 5.79. The van der Waals surface area contributed by atoms with Crippen LogP contribution in [-0.4, -0.2) is 12.1 Å². The van der Waals surface area contributed by atoms with Crippen LogP contribution >= 0.6 is 0 Å². The van der Waals surface area contributed by atoms with Gasteiger partial charge >= 0.3 is 0 Å². The second kappa shape index (κ2) is 3.33. The summed E-state index contributed by atoms with van der Waals surface area (Å²) in [7, 11) is 0. The summed E-state index contributed by atoms with van der Waals surface area (Å²) >= 11 is 0. The van der Waals surface area contributed by atoms with Crippen LogP contribution in [0.4, 0.5) is 0 Å². The maximum atomic E-state index is 5.28. The van der Waals surface area contributed by atoms with E-state index in [4.69, 9.17) is 4.84 Å². The summed E-state index contributed by atoms with van der Waals surface area (Å²) in [6.45, 7) is 1.95. The van der Waals surface area contributed by atoms with Gasteiger partial charge in [-0.25, -0.2) is 0 Å². The first-order valence-corrected chi connectivity index (χ1v) is 4.83. The van der Waals surface area contributed by atoms with Crippen LogP contribution in [0.25, 0.3) is 0 Å². The highest BCUT2D eigenvalue weighted by Gasteiger charge is 2.28. The summed E-state index contributed by atoms with van der Waals surface area (Å²) in [6, 6.07) is 0. The summed E-state index contributed by atoms with van der Waals surface area (Å²) < 4.78 is 0. The topological polar surface area (TPSA) is 33.6 Å². The molecule has 2 aliphatic rings. The zero-order valence-corrected chi connectivity index (χ0v) is 7.55. The van der Waals surface area contributed by atoms with Crippen LogP contribution in [0.1, 0.15) is 39.0 Å². The van der Waals surface area contributed by atoms with Crippen molar-refractivity contribution in [2.75, 3.05) is 0 Å². The molecule has 2 rings (SSSR count). The summed E-state index contributed by atoms with van der Waals surface area (Å²) in [4.78, 5) is 5.28. The molecule has 1 saturated carbocycles. The molecule has 0 spiro atoms. The number of oxime groups is 1. The Kier molecular flexibility index (Phi) is 2.19. The quantitative estimate of drug-likeness (QED) is 0.648. The fourth-order valence-corrected chi connectivity index (χ4v) is 2.04. The van der Waals surface area contributed by atoms with E-state index in [9.17, 15) is 0 Å². The number of amidine groups is 1. The van der Waals surface area contributed by atoms with Crippen LogP contribution in [0.3, 0.4) is 0 Å². The number of rotatable bonds is 1. The Morgan fingerprint density at radius 3 is 2.67 bits per heavy atom. The maximum Gasteiger partial charge on any atom is 0.201 e. The lowest BCUT2D eigenvalue weighted by atomic mass is 9.88. The minimum Gasteiger partial charge on any atom is -0.369 e. The highest BCUT2D eigenvalue weighted by Crippen LogP contribution is 2.28. The molecule has 1 unspecified atom stereocenters. The Bertz CT molecular complexity index is 185. The number of nitrogens with one attached hydrogen (secondary N) is 1. The molecule has 1 atom stereocenters. The van der Waals surface area contributed by atoms with E-state index in [1.54, 1.807) is 0 Å². The molecule has 1 heterocycles. The van der Waals surface area contributed by atoms with Crippen molar-refractivity contribution >= 4 is 5.84 Å². The van der Waals surface area contributed by atoms with Gasteiger partial charge in [0, 0.05) is 5.92 Å². The molecule has 68 valence electrons. The second-order valence-electron chi connectivity index (χ2n) is 3.75. The summed E-state index contributed by atoms with van der Waals surface area (Å²) in [5.41, 5.74) is 0. The molecular weight excluding hydrogens is 152 g/mol. The molecule has 0 saturated heterocycles. The van der Waals surface area contributed by atoms with Crippen molar-refractivity contribution in [3.8, 4) is 0 Å². The van der Waals surface area contributed by atoms with Crippen LogP contribution in [0, 0.1) is 5.92 Å². The van der Waals surface area contributed by atoms with Crippen molar-refractivity contribution in [2.45, 2.75) is 45.3 Å². The van der Waals surface area contributed by atoms with Gasteiger partial charge in [-0.2, -0.15) is 0 Å². The molecule has 1 N–H and O–H groups in total. The van der Waals surface area contributed by atoms with Crippen molar-refractivity contribution in [1.29, 1.82) is 0 Å². The average molecular weight is 168 g/mol. The molecule has 12 heavy (non-hydrogen) atoms. The Morgan fingerprint density at radius 2 is 2.08 bits per heavy atom. The van der Waals surface area contributed by atoms with Gasteiger partial charge in [-0.05, 0) is 19.8 Å². The third-order valence-electron chi connectivity index (χ3n) is 2.73. The van der Waals surface area contributed by atoms with E-state index in [2.05, 4.69) is 10.5 Å². The van der Waals surface area contributed by atoms with Gasteiger partial charge in [-0.1, -0.05) is 24.4 Å². The Labute approximate surface area is 73.2 Å². The van der Waals surface area contributed by atoms with E-state index < -0.39 is 0 Å². The molecule has 0 amide bonds. The van der Waals surface area contributed by atoms with Gasteiger partial charge in [-0.3, -0.25) is 0 Å². The Morgan fingerprint density at radius 1 is 1.33 bits per heavy atom. The first-order valence-electron chi connectivity index (χ1n) is 4.83. The van der Waals surface area contributed by atoms with E-state index in [1.165, 1.54) is 32.1 Å². The molecule has 0 radical (unpaired) electrons. The van der Waals surface area contributed by atoms with Gasteiger partial charge in [0.2, 0.25) is 6.23 Å². The smallest absolute Gasteiger partial charge is 0.201 e. The standard InChI is InChI=1S/C9H16N2O/c1-7-10-9(12-11-7)8-5-3-2-4-6-8/h8-9H,2-6H2,1H3,(H,10,11). The van der Waals surface area contributed by atoms with Crippen LogP contribution in [0.15, 0.2) is 5.16 Å². The van der Waals surface area contributed by atoms with Crippen molar-refractivity contribution in [3.63, 3.8) is 0 Å². The molecule has 1 fully saturated rings. The minimum absolute atomic E-state index is 0.172. The third kappa shape index (κ3) is 1.54. The molecule has 1 aliphatic heterocycles. The minimum atomic E-state index is 0.172. The van der Waals surface area contributed by atoms with Crippen molar-refractivity contribution in [3.05, 3.63) is 0 Å². The van der Waals surface area contributed by atoms with Crippen molar-refractivity contribution < 1.29 is 4.84 Å². The molecule has 3 nitrogen and oxygen atoms in total. The summed E-state index contributed by atoms with van der Waals surface area (Å²) in [5, 5.41) is 7.15. The first kappa shape index (κ1) is 7.90. The van der Waals surface area contributed by atoms with Crippen LogP contribution in [0.5, 0.6) is 0 Å². The Hall–Kier alpha value is -0.730. The van der Waals surface area contributed by atoms with Gasteiger partial charge in [0.05, 0.1) is 0 Å². The number of hydrogen-bond acceptors (Lipinski definition) is 3. The lowest BCUT2D eigenvalue weighted by Crippen LogP contribution is -2.36. The summed E-state index contributed by atoms with van der Waals surface area (Å²) in [5.74, 6) is 1.60. The summed E-state index contributed by atoms with van der Waals surface area (Å²) in [6.07, 6.45) is 6.85. The average Bonchev–Trinajstić information content (AvgIpc) is 2.54. The van der Waals surface area contributed by atoms with E-state index in [-0.39, 0.29) is 6.23 Å². The lowest BCUT2D eigenvalue weighted by molar-refractivity contribution is 0.0145. The fraction of sp³-hybridized carbons (Fsp3) is 0.889. The number of hydrogen-bond donors (Lipinski definition) is 1. The first-order chi connectivity index (χ1) is 5.86. The fourth-order valence-electron chi connectivity index (χ4n) is 2.04. The monoisotopic (exact) mass is 168 g/mol. The predicted molar refractivity (Wildman–Crippen MR) is 47.7 cm³/mol. The predicted octanol–water partition coefficient (Wildman–Crippen LogP) is 1.85. The number of nitrogens with zero attached hydrogens (tertiary/aromatic N) is 1. The van der Waals surface area contributed by atoms with E-state index >= 15 is 0 Å². The normalized spacial score (nSPS) is 30.8. The van der Waals surface area contributed by atoms with E-state index in [1.807, 2.05) is 6.92 Å². The van der Waals surface area contributed by atoms with Gasteiger partial charge in [0.25, 0.3) is 0 Å². The Balaban J connectivity index is 1.85. The zero-order chi connectivity index (χ0) is 8.39. The van der Waals surface area contributed by atoms with E-state index in [0.717, 1.165) is 5.84 Å². The van der Waals surface area contributed by atoms with Gasteiger partial charge in [-0.15, -0.1) is 0 Å². The largest absolute Gasteiger partial charge is 0.369 e. The van der Waals surface area contributed by atoms with Crippen molar-refractivity contribution in [2.24, 2.45) is 11.1 Å². The van der Waals surface area contributed by atoms with Crippen LogP contribution < -0.4 is 5.32 Å². The van der Waals surface area contributed by atoms with Crippen LogP contribution in [0.2, 0.25) is 0 Å². The molecule has 0 aromatic rings. The van der Waals surface area contributed by atoms with Gasteiger partial charge in [0.1, 0.15) is 5.84 Å². The third-order valence-corrected chi connectivity index (χ3v) is 2.73. The lowest BCUT2D eigenvalue weighted by Gasteiger charge is -2.25. The molecule has 3 heteroatoms. The molecule has 1 aliphatic carbocycles. The molecular formula is C9H16N2O. The molecule has 0 aromatic heterocycles. The highest BCUT2D eigenvalue weighted by atomic mass is 16.7. The van der Waals surface area contributed by atoms with E-state index in [0.29, 0.717) is 5.92 Å². The van der Waals surface area contributed by atoms with Crippen molar-refractivity contribution in [1.82, 2.24) is 5.32 Å². The second-order valence-corrected chi connectivity index (χ2v) is 3.75. The molecule has 0 aromatic carbocycles.